The van der Waals surface area contributed by atoms with E-state index in [4.69, 9.17) is 9.72 Å². The molecule has 0 saturated carbocycles. The maximum absolute atomic E-state index is 13.9. The maximum atomic E-state index is 13.9. The van der Waals surface area contributed by atoms with Crippen LogP contribution in [0.15, 0.2) is 72.8 Å². The summed E-state index contributed by atoms with van der Waals surface area (Å²) in [6.07, 6.45) is 2.57. The summed E-state index contributed by atoms with van der Waals surface area (Å²) in [4.78, 5) is 66.9. The average molecular weight is 709 g/mol. The molecule has 11 nitrogen and oxygen atoms in total. The molecule has 11 heteroatoms. The number of piperidine rings is 2. The zero-order valence-corrected chi connectivity index (χ0v) is 31.0. The predicted molar refractivity (Wildman–Crippen MR) is 200 cm³/mol. The van der Waals surface area contributed by atoms with E-state index in [1.54, 1.807) is 32.7 Å². The van der Waals surface area contributed by atoms with Crippen molar-refractivity contribution in [1.29, 1.82) is 0 Å². The number of rotatable bonds is 7. The van der Waals surface area contributed by atoms with Gasteiger partial charge in [0.05, 0.1) is 11.4 Å². The number of amides is 4. The molecule has 0 radical (unpaired) electrons. The fraction of sp³-hybridized carbons (Fsp3) is 0.488. The minimum absolute atomic E-state index is 0.0274. The standard InChI is InChI=1S/C41H52N6O5/c1-41(2,3)52-40(51)43(4)29-37(48)45-19-15-32(16-20-45)38(49)46-21-17-34(18-22-46)44-23-25-47(26-24-44)39(50)33-27-35(30-11-7-5-8-12-30)42-36(28-33)31-13-9-6-10-14-31/h5-14,27-28,32,34H,15-26,29H2,1-4H3. The van der Waals surface area contributed by atoms with Crippen LogP contribution < -0.4 is 0 Å². The summed E-state index contributed by atoms with van der Waals surface area (Å²) >= 11 is 0. The van der Waals surface area contributed by atoms with Gasteiger partial charge < -0.3 is 24.3 Å². The van der Waals surface area contributed by atoms with E-state index in [9.17, 15) is 19.2 Å². The third-order valence-corrected chi connectivity index (χ3v) is 10.4. The number of pyridine rings is 1. The molecule has 3 fully saturated rings. The van der Waals surface area contributed by atoms with Crippen LogP contribution in [0.2, 0.25) is 0 Å². The highest BCUT2D eigenvalue weighted by Crippen LogP contribution is 2.28. The highest BCUT2D eigenvalue weighted by atomic mass is 16.6. The molecule has 0 aliphatic carbocycles. The molecule has 0 bridgehead atoms. The Morgan fingerprint density at radius 3 is 1.75 bits per heavy atom. The zero-order valence-electron chi connectivity index (χ0n) is 31.0. The summed E-state index contributed by atoms with van der Waals surface area (Å²) in [7, 11) is 1.57. The number of aromatic nitrogens is 1. The third kappa shape index (κ3) is 9.17. The number of carbonyl (C=O) groups excluding carboxylic acids is 4. The van der Waals surface area contributed by atoms with E-state index >= 15 is 0 Å². The topological polar surface area (TPSA) is 107 Å². The van der Waals surface area contributed by atoms with Crippen LogP contribution in [0, 0.1) is 5.92 Å². The number of piperazine rings is 1. The van der Waals surface area contributed by atoms with E-state index in [2.05, 4.69) is 4.90 Å². The van der Waals surface area contributed by atoms with Crippen molar-refractivity contribution in [2.75, 3.05) is 66.0 Å². The van der Waals surface area contributed by atoms with Gasteiger partial charge in [-0.3, -0.25) is 19.3 Å². The molecule has 2 aromatic carbocycles. The van der Waals surface area contributed by atoms with E-state index in [0.29, 0.717) is 50.6 Å². The first-order valence-electron chi connectivity index (χ1n) is 18.6. The third-order valence-electron chi connectivity index (χ3n) is 10.4. The molecule has 0 atom stereocenters. The second-order valence-corrected chi connectivity index (χ2v) is 15.2. The Hall–Kier alpha value is -4.77. The summed E-state index contributed by atoms with van der Waals surface area (Å²) in [5, 5.41) is 0. The fourth-order valence-corrected chi connectivity index (χ4v) is 7.43. The number of hydrogen-bond donors (Lipinski definition) is 0. The Kier molecular flexibility index (Phi) is 11.6. The smallest absolute Gasteiger partial charge is 0.410 e. The van der Waals surface area contributed by atoms with Gasteiger partial charge in [0.2, 0.25) is 11.8 Å². The monoisotopic (exact) mass is 708 g/mol. The van der Waals surface area contributed by atoms with Gasteiger partial charge in [-0.15, -0.1) is 0 Å². The molecule has 276 valence electrons. The summed E-state index contributed by atoms with van der Waals surface area (Å²) < 4.78 is 5.36. The van der Waals surface area contributed by atoms with Crippen molar-refractivity contribution in [3.8, 4) is 22.5 Å². The number of nitrogens with zero attached hydrogens (tertiary/aromatic N) is 6. The lowest BCUT2D eigenvalue weighted by Gasteiger charge is -2.43. The summed E-state index contributed by atoms with van der Waals surface area (Å²) in [6, 6.07) is 24.2. The Morgan fingerprint density at radius 1 is 0.712 bits per heavy atom. The van der Waals surface area contributed by atoms with Gasteiger partial charge in [-0.25, -0.2) is 9.78 Å². The summed E-state index contributed by atoms with van der Waals surface area (Å²) in [6.45, 7) is 10.7. The lowest BCUT2D eigenvalue weighted by Crippen LogP contribution is -2.55. The SMILES string of the molecule is CN(CC(=O)N1CCC(C(=O)N2CCC(N3CCN(C(=O)c4cc(-c5ccccc5)nc(-c5ccccc5)c4)CC3)CC2)CC1)C(=O)OC(C)(C)C. The first-order valence-corrected chi connectivity index (χ1v) is 18.6. The number of likely N-dealkylation sites (N-methyl/N-ethyl adjacent to an activating group) is 1. The number of benzene rings is 2. The normalized spacial score (nSPS) is 17.9. The molecule has 6 rings (SSSR count). The quantitative estimate of drug-likeness (QED) is 0.329. The van der Waals surface area contributed by atoms with Crippen LogP contribution in [0.4, 0.5) is 4.79 Å². The number of ether oxygens (including phenoxy) is 1. The molecule has 4 amide bonds. The molecule has 3 saturated heterocycles. The Labute approximate surface area is 307 Å². The Morgan fingerprint density at radius 2 is 1.23 bits per heavy atom. The average Bonchev–Trinajstić information content (AvgIpc) is 3.17. The van der Waals surface area contributed by atoms with Crippen molar-refractivity contribution in [2.45, 2.75) is 58.1 Å². The molecule has 0 spiro atoms. The van der Waals surface area contributed by atoms with Crippen LogP contribution >= 0.6 is 0 Å². The first-order chi connectivity index (χ1) is 24.9. The number of hydrogen-bond acceptors (Lipinski definition) is 7. The van der Waals surface area contributed by atoms with Crippen LogP contribution in [0.3, 0.4) is 0 Å². The lowest BCUT2D eigenvalue weighted by atomic mass is 9.93. The van der Waals surface area contributed by atoms with E-state index in [1.165, 1.54) is 4.90 Å². The van der Waals surface area contributed by atoms with Crippen LogP contribution in [0.1, 0.15) is 56.8 Å². The fourth-order valence-electron chi connectivity index (χ4n) is 7.43. The molecule has 3 aliphatic heterocycles. The van der Waals surface area contributed by atoms with Gasteiger partial charge in [-0.2, -0.15) is 0 Å². The molecule has 4 heterocycles. The molecule has 3 aromatic rings. The highest BCUT2D eigenvalue weighted by Gasteiger charge is 2.35. The van der Waals surface area contributed by atoms with Crippen LogP contribution in [-0.4, -0.2) is 131 Å². The van der Waals surface area contributed by atoms with Gasteiger partial charge in [0.15, 0.2) is 0 Å². The molecular formula is C41H52N6O5. The van der Waals surface area contributed by atoms with E-state index in [0.717, 1.165) is 61.5 Å². The van der Waals surface area contributed by atoms with Crippen molar-refractivity contribution >= 4 is 23.8 Å². The van der Waals surface area contributed by atoms with Crippen molar-refractivity contribution in [3.63, 3.8) is 0 Å². The Bertz CT molecular complexity index is 1650. The number of carbonyl (C=O) groups is 4. The molecule has 52 heavy (non-hydrogen) atoms. The summed E-state index contributed by atoms with van der Waals surface area (Å²) in [5.74, 6) is 0.00169. The predicted octanol–water partition coefficient (Wildman–Crippen LogP) is 5.27. The van der Waals surface area contributed by atoms with Gasteiger partial charge in [0.1, 0.15) is 12.1 Å². The van der Waals surface area contributed by atoms with Crippen molar-refractivity contribution in [2.24, 2.45) is 5.92 Å². The lowest BCUT2D eigenvalue weighted by molar-refractivity contribution is -0.142. The second-order valence-electron chi connectivity index (χ2n) is 15.2. The van der Waals surface area contributed by atoms with Gasteiger partial charge in [0.25, 0.3) is 5.91 Å². The largest absolute Gasteiger partial charge is 0.444 e. The van der Waals surface area contributed by atoms with Crippen LogP contribution in [0.5, 0.6) is 0 Å². The van der Waals surface area contributed by atoms with Crippen molar-refractivity contribution < 1.29 is 23.9 Å². The zero-order chi connectivity index (χ0) is 36.8. The minimum atomic E-state index is -0.625. The number of likely N-dealkylation sites (tertiary alicyclic amines) is 2. The van der Waals surface area contributed by atoms with Gasteiger partial charge in [-0.1, -0.05) is 60.7 Å². The van der Waals surface area contributed by atoms with Gasteiger partial charge in [-0.05, 0) is 58.6 Å². The molecule has 3 aliphatic rings. The van der Waals surface area contributed by atoms with Crippen molar-refractivity contribution in [1.82, 2.24) is 29.5 Å². The maximum Gasteiger partial charge on any atom is 0.410 e. The molecule has 1 aromatic heterocycles. The Balaban J connectivity index is 0.966. The highest BCUT2D eigenvalue weighted by molar-refractivity contribution is 5.96. The molecule has 0 N–H and O–H groups in total. The molecular weight excluding hydrogens is 656 g/mol. The minimum Gasteiger partial charge on any atom is -0.444 e. The first kappa shape index (κ1) is 37.0. The second kappa shape index (κ2) is 16.3. The summed E-state index contributed by atoms with van der Waals surface area (Å²) in [5.41, 5.74) is 3.55. The van der Waals surface area contributed by atoms with Gasteiger partial charge in [0, 0.05) is 88.1 Å². The van der Waals surface area contributed by atoms with Gasteiger partial charge >= 0.3 is 6.09 Å². The van der Waals surface area contributed by atoms with Crippen molar-refractivity contribution in [3.05, 3.63) is 78.4 Å². The van der Waals surface area contributed by atoms with E-state index in [1.807, 2.05) is 82.6 Å². The van der Waals surface area contributed by atoms with E-state index < -0.39 is 11.7 Å². The van der Waals surface area contributed by atoms with Crippen LogP contribution in [0.25, 0.3) is 22.5 Å². The molecule has 0 unspecified atom stereocenters. The van der Waals surface area contributed by atoms with Crippen LogP contribution in [-0.2, 0) is 14.3 Å². The van der Waals surface area contributed by atoms with E-state index in [-0.39, 0.29) is 30.2 Å².